The number of ether oxygens (including phenoxy) is 1. The summed E-state index contributed by atoms with van der Waals surface area (Å²) in [7, 11) is 0. The van der Waals surface area contributed by atoms with Crippen LogP contribution in [0.5, 0.6) is 0 Å². The number of aromatic nitrogens is 1. The number of rotatable bonds is 3. The van der Waals surface area contributed by atoms with Crippen molar-refractivity contribution >= 4 is 17.9 Å². The Morgan fingerprint density at radius 1 is 1.19 bits per heavy atom. The first-order valence-corrected chi connectivity index (χ1v) is 9.03. The summed E-state index contributed by atoms with van der Waals surface area (Å²) < 4.78 is 4.89. The Kier molecular flexibility index (Phi) is 4.48. The van der Waals surface area contributed by atoms with Gasteiger partial charge in [0.25, 0.3) is 5.91 Å². The molecule has 2 bridgehead atoms. The van der Waals surface area contributed by atoms with Crippen LogP contribution in [0.25, 0.3) is 0 Å². The van der Waals surface area contributed by atoms with E-state index in [1.165, 1.54) is 4.90 Å². The van der Waals surface area contributed by atoms with Crippen LogP contribution in [0, 0.1) is 5.92 Å². The van der Waals surface area contributed by atoms with Crippen LogP contribution in [-0.2, 0) is 9.53 Å². The number of carbonyl (C=O) groups is 3. The molecule has 5 heterocycles. The molecule has 0 spiro atoms. The lowest BCUT2D eigenvalue weighted by Crippen LogP contribution is -2.51. The van der Waals surface area contributed by atoms with Crippen molar-refractivity contribution in [2.24, 2.45) is 5.92 Å². The zero-order chi connectivity index (χ0) is 18.1. The molecule has 5 rings (SSSR count). The SMILES string of the molecule is O=C1OCCN1CC(=O)N1C[C@@H]2CC[C@H]1CN(C(=O)c1ccccn1)C2. The monoisotopic (exact) mass is 358 g/mol. The van der Waals surface area contributed by atoms with E-state index < -0.39 is 6.09 Å². The third kappa shape index (κ3) is 3.23. The van der Waals surface area contributed by atoms with E-state index in [0.717, 1.165) is 12.8 Å². The lowest BCUT2D eigenvalue weighted by Gasteiger charge is -2.36. The highest BCUT2D eigenvalue weighted by atomic mass is 16.6. The van der Waals surface area contributed by atoms with Crippen molar-refractivity contribution in [3.63, 3.8) is 0 Å². The molecule has 0 N–H and O–H groups in total. The number of pyridine rings is 1. The first-order valence-electron chi connectivity index (χ1n) is 9.03. The molecule has 8 heteroatoms. The molecule has 138 valence electrons. The standard InChI is InChI=1S/C18H22N4O4/c23-16(12-20-7-8-26-18(20)25)22-10-13-4-5-14(22)11-21(9-13)17(24)15-3-1-2-6-19-15/h1-3,6,13-14H,4-5,7-12H2/t13-,14+/m1/s1. The summed E-state index contributed by atoms with van der Waals surface area (Å²) >= 11 is 0. The minimum Gasteiger partial charge on any atom is -0.448 e. The lowest BCUT2D eigenvalue weighted by atomic mass is 9.95. The molecular weight excluding hydrogens is 336 g/mol. The lowest BCUT2D eigenvalue weighted by molar-refractivity contribution is -0.135. The van der Waals surface area contributed by atoms with E-state index in [1.807, 2.05) is 9.80 Å². The topological polar surface area (TPSA) is 83.0 Å². The smallest absolute Gasteiger partial charge is 0.410 e. The summed E-state index contributed by atoms with van der Waals surface area (Å²) in [5, 5.41) is 0. The van der Waals surface area contributed by atoms with E-state index in [2.05, 4.69) is 4.98 Å². The summed E-state index contributed by atoms with van der Waals surface area (Å²) in [5.74, 6) is 0.112. The van der Waals surface area contributed by atoms with Crippen molar-refractivity contribution < 1.29 is 19.1 Å². The van der Waals surface area contributed by atoms with Gasteiger partial charge in [-0.05, 0) is 30.9 Å². The molecular formula is C18H22N4O4. The van der Waals surface area contributed by atoms with Gasteiger partial charge in [-0.25, -0.2) is 4.79 Å². The molecule has 4 aliphatic rings. The van der Waals surface area contributed by atoms with Crippen molar-refractivity contribution in [2.75, 3.05) is 39.3 Å². The van der Waals surface area contributed by atoms with Crippen molar-refractivity contribution in [2.45, 2.75) is 18.9 Å². The van der Waals surface area contributed by atoms with Crippen LogP contribution in [0.15, 0.2) is 24.4 Å². The van der Waals surface area contributed by atoms with Crippen molar-refractivity contribution in [1.29, 1.82) is 0 Å². The number of fused-ring (bicyclic) bond motifs is 4. The Balaban J connectivity index is 1.45. The van der Waals surface area contributed by atoms with Crippen LogP contribution in [-0.4, -0.2) is 83.0 Å². The number of amides is 3. The third-order valence-corrected chi connectivity index (χ3v) is 5.38. The Morgan fingerprint density at radius 3 is 2.81 bits per heavy atom. The molecule has 0 aliphatic carbocycles. The van der Waals surface area contributed by atoms with Crippen LogP contribution in [0.1, 0.15) is 23.3 Å². The molecule has 0 saturated carbocycles. The Bertz CT molecular complexity index is 710. The zero-order valence-corrected chi connectivity index (χ0v) is 14.5. The fraction of sp³-hybridized carbons (Fsp3) is 0.556. The van der Waals surface area contributed by atoms with Gasteiger partial charge in [0.15, 0.2) is 0 Å². The fourth-order valence-corrected chi connectivity index (χ4v) is 4.03. The highest BCUT2D eigenvalue weighted by molar-refractivity contribution is 5.92. The van der Waals surface area contributed by atoms with Gasteiger partial charge >= 0.3 is 6.09 Å². The number of hydrogen-bond acceptors (Lipinski definition) is 5. The van der Waals surface area contributed by atoms with Gasteiger partial charge in [0.05, 0.1) is 6.54 Å². The first-order chi connectivity index (χ1) is 12.6. The van der Waals surface area contributed by atoms with Crippen molar-refractivity contribution in [3.05, 3.63) is 30.1 Å². The van der Waals surface area contributed by atoms with Gasteiger partial charge in [-0.1, -0.05) is 6.07 Å². The highest BCUT2D eigenvalue weighted by Gasteiger charge is 2.39. The maximum Gasteiger partial charge on any atom is 0.410 e. The van der Waals surface area contributed by atoms with Gasteiger partial charge in [0.1, 0.15) is 18.8 Å². The molecule has 0 radical (unpaired) electrons. The van der Waals surface area contributed by atoms with Gasteiger partial charge in [0.2, 0.25) is 5.91 Å². The number of piperidine rings is 1. The number of nitrogens with zero attached hydrogens (tertiary/aromatic N) is 4. The Hall–Kier alpha value is -2.64. The molecule has 26 heavy (non-hydrogen) atoms. The minimum atomic E-state index is -0.426. The molecule has 3 amide bonds. The van der Waals surface area contributed by atoms with Gasteiger partial charge in [0, 0.05) is 31.9 Å². The third-order valence-electron chi connectivity index (χ3n) is 5.38. The van der Waals surface area contributed by atoms with E-state index in [9.17, 15) is 14.4 Å². The van der Waals surface area contributed by atoms with E-state index in [0.29, 0.717) is 38.5 Å². The molecule has 4 fully saturated rings. The number of cyclic esters (lactones) is 1. The molecule has 0 aromatic carbocycles. The highest BCUT2D eigenvalue weighted by Crippen LogP contribution is 2.29. The summed E-state index contributed by atoms with van der Waals surface area (Å²) in [6.07, 6.45) is 3.08. The summed E-state index contributed by atoms with van der Waals surface area (Å²) in [5.41, 5.74) is 0.437. The van der Waals surface area contributed by atoms with E-state index in [4.69, 9.17) is 4.74 Å². The predicted octanol–water partition coefficient (Wildman–Crippen LogP) is 0.597. The Morgan fingerprint density at radius 2 is 2.08 bits per heavy atom. The zero-order valence-electron chi connectivity index (χ0n) is 14.5. The second-order valence-electron chi connectivity index (χ2n) is 7.10. The molecule has 8 nitrogen and oxygen atoms in total. The van der Waals surface area contributed by atoms with E-state index in [-0.39, 0.29) is 30.3 Å². The molecule has 4 aliphatic heterocycles. The van der Waals surface area contributed by atoms with E-state index >= 15 is 0 Å². The van der Waals surface area contributed by atoms with Gasteiger partial charge in [-0.2, -0.15) is 0 Å². The van der Waals surface area contributed by atoms with Crippen molar-refractivity contribution in [3.8, 4) is 0 Å². The van der Waals surface area contributed by atoms with Gasteiger partial charge < -0.3 is 14.5 Å². The van der Waals surface area contributed by atoms with E-state index in [1.54, 1.807) is 24.4 Å². The number of hydrogen-bond donors (Lipinski definition) is 0. The number of carbonyl (C=O) groups excluding carboxylic acids is 3. The average Bonchev–Trinajstić information content (AvgIpc) is 2.87. The molecule has 1 aromatic rings. The molecule has 2 atom stereocenters. The van der Waals surface area contributed by atoms with Crippen LogP contribution < -0.4 is 0 Å². The molecule has 0 unspecified atom stereocenters. The maximum atomic E-state index is 12.8. The largest absolute Gasteiger partial charge is 0.448 e. The van der Waals surface area contributed by atoms with Crippen LogP contribution >= 0.6 is 0 Å². The second-order valence-corrected chi connectivity index (χ2v) is 7.10. The minimum absolute atomic E-state index is 0.00691. The summed E-state index contributed by atoms with van der Waals surface area (Å²) in [4.78, 5) is 46.4. The van der Waals surface area contributed by atoms with Gasteiger partial charge in [-0.3, -0.25) is 19.5 Å². The quantitative estimate of drug-likeness (QED) is 0.790. The second kappa shape index (κ2) is 6.93. The summed E-state index contributed by atoms with van der Waals surface area (Å²) in [6, 6.07) is 5.30. The fourth-order valence-electron chi connectivity index (χ4n) is 4.03. The van der Waals surface area contributed by atoms with Gasteiger partial charge in [-0.15, -0.1) is 0 Å². The normalized spacial score (nSPS) is 25.2. The summed E-state index contributed by atoms with van der Waals surface area (Å²) in [6.45, 7) is 2.64. The Labute approximate surface area is 151 Å². The average molecular weight is 358 g/mol. The molecule has 4 saturated heterocycles. The van der Waals surface area contributed by atoms with Crippen LogP contribution in [0.3, 0.4) is 0 Å². The maximum absolute atomic E-state index is 12.8. The molecule has 1 aromatic heterocycles. The predicted molar refractivity (Wildman–Crippen MR) is 91.3 cm³/mol. The van der Waals surface area contributed by atoms with Crippen LogP contribution in [0.4, 0.5) is 4.79 Å². The van der Waals surface area contributed by atoms with Crippen LogP contribution in [0.2, 0.25) is 0 Å². The van der Waals surface area contributed by atoms with Crippen molar-refractivity contribution in [1.82, 2.24) is 19.7 Å². The first kappa shape index (κ1) is 16.8.